The van der Waals surface area contributed by atoms with Gasteiger partial charge in [-0.3, -0.25) is 14.2 Å². The molecule has 0 aliphatic carbocycles. The van der Waals surface area contributed by atoms with Gasteiger partial charge >= 0.3 is 0 Å². The Morgan fingerprint density at radius 2 is 1.97 bits per heavy atom. The van der Waals surface area contributed by atoms with Crippen molar-refractivity contribution >= 4 is 44.9 Å². The molecule has 8 heteroatoms. The zero-order valence-electron chi connectivity index (χ0n) is 17.2. The fraction of sp³-hybridized carbons (Fsp3) is 0.174. The molecule has 2 aromatic carbocycles. The first kappa shape index (κ1) is 21.3. The first-order valence-corrected chi connectivity index (χ1v) is 11.5. The van der Waals surface area contributed by atoms with Gasteiger partial charge in [-0.15, -0.1) is 11.3 Å². The topological polar surface area (TPSA) is 64.0 Å². The number of thiophene rings is 1. The Balaban J connectivity index is 1.67. The highest BCUT2D eigenvalue weighted by molar-refractivity contribution is 7.99. The van der Waals surface area contributed by atoms with E-state index in [9.17, 15) is 14.0 Å². The summed E-state index contributed by atoms with van der Waals surface area (Å²) in [5.74, 6) is -0.488. The molecular weight excluding hydrogens is 433 g/mol. The molecule has 2 heterocycles. The lowest BCUT2D eigenvalue weighted by Crippen LogP contribution is -2.23. The number of aryl methyl sites for hydroxylation is 2. The van der Waals surface area contributed by atoms with Gasteiger partial charge in [0.1, 0.15) is 10.5 Å². The Bertz CT molecular complexity index is 1360. The number of nitrogens with zero attached hydrogens (tertiary/aromatic N) is 2. The molecule has 5 nitrogen and oxygen atoms in total. The van der Waals surface area contributed by atoms with Crippen molar-refractivity contribution in [3.63, 3.8) is 0 Å². The number of carbonyl (C=O) groups excluding carboxylic acids is 1. The number of fused-ring (bicyclic) bond motifs is 1. The maximum atomic E-state index is 13.6. The van der Waals surface area contributed by atoms with E-state index in [0.29, 0.717) is 26.6 Å². The average molecular weight is 454 g/mol. The lowest BCUT2D eigenvalue weighted by molar-refractivity contribution is -0.113. The van der Waals surface area contributed by atoms with Crippen LogP contribution in [-0.4, -0.2) is 21.2 Å². The van der Waals surface area contributed by atoms with Gasteiger partial charge in [-0.1, -0.05) is 23.9 Å². The Morgan fingerprint density at radius 1 is 1.16 bits per heavy atom. The Morgan fingerprint density at radius 3 is 2.74 bits per heavy atom. The summed E-state index contributed by atoms with van der Waals surface area (Å²) in [5.41, 5.74) is 4.38. The van der Waals surface area contributed by atoms with Gasteiger partial charge in [-0.25, -0.2) is 9.37 Å². The number of halogens is 1. The first-order valence-electron chi connectivity index (χ1n) is 9.61. The van der Waals surface area contributed by atoms with E-state index < -0.39 is 0 Å². The standard InChI is InChI=1S/C23H20FN3O2S2/c1-13-5-4-6-17(15(13)3)25-20(28)12-31-23-26-18-9-10-30-21(18)22(29)27(23)19-8-7-16(24)11-14(19)2/h4-11H,12H2,1-3H3,(H,25,28). The molecule has 158 valence electrons. The fourth-order valence-electron chi connectivity index (χ4n) is 3.27. The van der Waals surface area contributed by atoms with Crippen LogP contribution in [0.3, 0.4) is 0 Å². The Labute approximate surface area is 187 Å². The summed E-state index contributed by atoms with van der Waals surface area (Å²) in [6.45, 7) is 5.69. The van der Waals surface area contributed by atoms with E-state index >= 15 is 0 Å². The minimum atomic E-state index is -0.374. The minimum Gasteiger partial charge on any atom is -0.325 e. The number of amides is 1. The third-order valence-corrected chi connectivity index (χ3v) is 6.89. The van der Waals surface area contributed by atoms with Crippen LogP contribution in [0.1, 0.15) is 16.7 Å². The van der Waals surface area contributed by atoms with E-state index in [-0.39, 0.29) is 23.0 Å². The van der Waals surface area contributed by atoms with Gasteiger partial charge in [0.25, 0.3) is 5.56 Å². The second-order valence-electron chi connectivity index (χ2n) is 7.19. The van der Waals surface area contributed by atoms with E-state index in [1.54, 1.807) is 19.1 Å². The number of hydrogen-bond donors (Lipinski definition) is 1. The average Bonchev–Trinajstić information content (AvgIpc) is 3.20. The van der Waals surface area contributed by atoms with Crippen molar-refractivity contribution < 1.29 is 9.18 Å². The molecule has 0 aliphatic rings. The van der Waals surface area contributed by atoms with Gasteiger partial charge in [0.05, 0.1) is 17.0 Å². The number of thioether (sulfide) groups is 1. The number of carbonyl (C=O) groups is 1. The fourth-order valence-corrected chi connectivity index (χ4v) is 4.84. The quantitative estimate of drug-likeness (QED) is 0.331. The lowest BCUT2D eigenvalue weighted by Gasteiger charge is -2.14. The van der Waals surface area contributed by atoms with Crippen LogP contribution in [0.2, 0.25) is 0 Å². The Hall–Kier alpha value is -2.97. The van der Waals surface area contributed by atoms with Crippen molar-refractivity contribution in [2.45, 2.75) is 25.9 Å². The zero-order chi connectivity index (χ0) is 22.1. The second kappa shape index (κ2) is 8.64. The summed E-state index contributed by atoms with van der Waals surface area (Å²) in [7, 11) is 0. The van der Waals surface area contributed by atoms with Crippen molar-refractivity contribution in [1.82, 2.24) is 9.55 Å². The number of anilines is 1. The van der Waals surface area contributed by atoms with Crippen LogP contribution in [0.5, 0.6) is 0 Å². The molecule has 0 aliphatic heterocycles. The monoisotopic (exact) mass is 453 g/mol. The van der Waals surface area contributed by atoms with Gasteiger partial charge in [0.15, 0.2) is 5.16 Å². The molecular formula is C23H20FN3O2S2. The molecule has 1 N–H and O–H groups in total. The normalized spacial score (nSPS) is 11.1. The highest BCUT2D eigenvalue weighted by Crippen LogP contribution is 2.26. The van der Waals surface area contributed by atoms with E-state index in [0.717, 1.165) is 16.8 Å². The van der Waals surface area contributed by atoms with Crippen LogP contribution in [-0.2, 0) is 4.79 Å². The molecule has 31 heavy (non-hydrogen) atoms. The molecule has 1 amide bonds. The first-order chi connectivity index (χ1) is 14.8. The molecule has 0 spiro atoms. The summed E-state index contributed by atoms with van der Waals surface area (Å²) in [6.07, 6.45) is 0. The SMILES string of the molecule is Cc1cc(F)ccc1-n1c(SCC(=O)Nc2cccc(C)c2C)nc2ccsc2c1=O. The van der Waals surface area contributed by atoms with E-state index in [2.05, 4.69) is 10.3 Å². The molecule has 2 aromatic heterocycles. The second-order valence-corrected chi connectivity index (χ2v) is 9.04. The number of rotatable bonds is 5. The molecule has 0 saturated carbocycles. The van der Waals surface area contributed by atoms with Crippen molar-refractivity contribution in [2.24, 2.45) is 0 Å². The summed E-state index contributed by atoms with van der Waals surface area (Å²) in [6, 6.07) is 11.8. The predicted molar refractivity (Wildman–Crippen MR) is 125 cm³/mol. The number of hydrogen-bond acceptors (Lipinski definition) is 5. The highest BCUT2D eigenvalue weighted by atomic mass is 32.2. The molecule has 0 saturated heterocycles. The zero-order valence-corrected chi connectivity index (χ0v) is 18.9. The summed E-state index contributed by atoms with van der Waals surface area (Å²) >= 11 is 2.49. The molecule has 0 radical (unpaired) electrons. The third kappa shape index (κ3) is 4.26. The van der Waals surface area contributed by atoms with Crippen LogP contribution in [0.4, 0.5) is 10.1 Å². The van der Waals surface area contributed by atoms with Crippen LogP contribution >= 0.6 is 23.1 Å². The lowest BCUT2D eigenvalue weighted by atomic mass is 10.1. The van der Waals surface area contributed by atoms with Crippen LogP contribution in [0.25, 0.3) is 15.9 Å². The van der Waals surface area contributed by atoms with Gasteiger partial charge in [0, 0.05) is 5.69 Å². The number of benzene rings is 2. The van der Waals surface area contributed by atoms with Crippen molar-refractivity contribution in [3.05, 3.63) is 80.7 Å². The van der Waals surface area contributed by atoms with Crippen molar-refractivity contribution in [2.75, 3.05) is 11.1 Å². The summed E-state index contributed by atoms with van der Waals surface area (Å²) in [4.78, 5) is 30.4. The highest BCUT2D eigenvalue weighted by Gasteiger charge is 2.17. The van der Waals surface area contributed by atoms with Gasteiger partial charge in [-0.05, 0) is 73.2 Å². The van der Waals surface area contributed by atoms with Gasteiger partial charge < -0.3 is 5.32 Å². The molecule has 0 unspecified atom stereocenters. The number of aromatic nitrogens is 2. The van der Waals surface area contributed by atoms with Crippen LogP contribution in [0, 0.1) is 26.6 Å². The van der Waals surface area contributed by atoms with Crippen molar-refractivity contribution in [3.8, 4) is 5.69 Å². The largest absolute Gasteiger partial charge is 0.325 e. The molecule has 0 fully saturated rings. The number of nitrogens with one attached hydrogen (secondary N) is 1. The van der Waals surface area contributed by atoms with E-state index in [1.807, 2.05) is 37.4 Å². The summed E-state index contributed by atoms with van der Waals surface area (Å²) < 4.78 is 15.6. The van der Waals surface area contributed by atoms with E-state index in [4.69, 9.17) is 0 Å². The summed E-state index contributed by atoms with van der Waals surface area (Å²) in [5, 5.41) is 5.12. The van der Waals surface area contributed by atoms with Crippen LogP contribution < -0.4 is 10.9 Å². The molecule has 4 rings (SSSR count). The van der Waals surface area contributed by atoms with Gasteiger partial charge in [0.2, 0.25) is 5.91 Å². The molecule has 0 bridgehead atoms. The van der Waals surface area contributed by atoms with Gasteiger partial charge in [-0.2, -0.15) is 0 Å². The Kier molecular flexibility index (Phi) is 5.93. The van der Waals surface area contributed by atoms with Crippen molar-refractivity contribution in [1.29, 1.82) is 0 Å². The molecule has 4 aromatic rings. The predicted octanol–water partition coefficient (Wildman–Crippen LogP) is 5.24. The smallest absolute Gasteiger partial charge is 0.276 e. The van der Waals surface area contributed by atoms with E-state index in [1.165, 1.54) is 39.8 Å². The maximum Gasteiger partial charge on any atom is 0.276 e. The molecule has 0 atom stereocenters. The van der Waals surface area contributed by atoms with Crippen LogP contribution in [0.15, 0.2) is 57.8 Å². The maximum absolute atomic E-state index is 13.6. The minimum absolute atomic E-state index is 0.0791. The third-order valence-electron chi connectivity index (χ3n) is 5.06.